The Labute approximate surface area is 582 Å². The van der Waals surface area contributed by atoms with Crippen LogP contribution < -0.4 is 46.9 Å². The molecule has 5 aromatic rings. The molecule has 4 amide bonds. The Morgan fingerprint density at radius 1 is 0.780 bits per heavy atom. The minimum atomic E-state index is -1.93. The van der Waals surface area contributed by atoms with E-state index in [1.807, 2.05) is 13.8 Å². The summed E-state index contributed by atoms with van der Waals surface area (Å²) < 4.78 is 38.9. The lowest BCUT2D eigenvalue weighted by atomic mass is 9.80. The van der Waals surface area contributed by atoms with Gasteiger partial charge in [0.25, 0.3) is 0 Å². The number of benzene rings is 5. The number of ketones is 2. The van der Waals surface area contributed by atoms with Crippen molar-refractivity contribution in [3.63, 3.8) is 0 Å². The van der Waals surface area contributed by atoms with Crippen LogP contribution in [0.2, 0.25) is 10.0 Å². The maximum absolute atomic E-state index is 15.5. The minimum Gasteiger partial charge on any atom is -0.508 e. The largest absolute Gasteiger partial charge is 0.508 e. The highest BCUT2D eigenvalue weighted by molar-refractivity contribution is 6.32. The summed E-state index contributed by atoms with van der Waals surface area (Å²) in [4.78, 5) is 104. The Morgan fingerprint density at radius 3 is 2.00 bits per heavy atom. The van der Waals surface area contributed by atoms with Crippen LogP contribution >= 0.6 is 23.2 Å². The van der Waals surface area contributed by atoms with Gasteiger partial charge in [-0.05, 0) is 128 Å². The fourth-order valence-corrected chi connectivity index (χ4v) is 13.7. The molecule has 31 heteroatoms. The molecule has 29 nitrogen and oxygen atoms in total. The van der Waals surface area contributed by atoms with Crippen LogP contribution in [0, 0.1) is 17.8 Å². The quantitative estimate of drug-likeness (QED) is 0.0845. The summed E-state index contributed by atoms with van der Waals surface area (Å²) in [7, 11) is 1.54. The number of rotatable bonds is 12. The highest BCUT2D eigenvalue weighted by Crippen LogP contribution is 2.50. The van der Waals surface area contributed by atoms with Gasteiger partial charge in [-0.2, -0.15) is 9.59 Å². The fourth-order valence-electron chi connectivity index (χ4n) is 13.2. The number of hydrogen-bond donors (Lipinski definition) is 15. The van der Waals surface area contributed by atoms with Crippen molar-refractivity contribution in [2.24, 2.45) is 29.2 Å². The molecule has 0 spiro atoms. The molecular weight excluding hydrogens is 1350 g/mol. The number of Topliss-reactive ketones (excluding diaryl/α,β-unsaturated/α-hetero) is 2. The number of aliphatic hydroxyl groups is 6. The summed E-state index contributed by atoms with van der Waals surface area (Å²) in [5, 5.41) is 114. The van der Waals surface area contributed by atoms with E-state index in [-0.39, 0.29) is 109 Å². The van der Waals surface area contributed by atoms with E-state index in [1.165, 1.54) is 79.8 Å². The van der Waals surface area contributed by atoms with Crippen LogP contribution in [0.4, 0.5) is 0 Å². The van der Waals surface area contributed by atoms with Gasteiger partial charge in [0.2, 0.25) is 35.7 Å². The molecule has 2 saturated heterocycles. The number of carbonyl (C=O) groups is 6. The van der Waals surface area contributed by atoms with E-state index in [2.05, 4.69) is 21.3 Å². The van der Waals surface area contributed by atoms with Crippen LogP contribution in [0.1, 0.15) is 125 Å². The number of phenols is 3. The van der Waals surface area contributed by atoms with Gasteiger partial charge in [-0.3, -0.25) is 28.8 Å². The highest BCUT2D eigenvalue weighted by Gasteiger charge is 2.51. The Balaban J connectivity index is 0.00000382. The lowest BCUT2D eigenvalue weighted by Crippen LogP contribution is -2.64. The second-order valence-corrected chi connectivity index (χ2v) is 27.0. The predicted octanol–water partition coefficient (Wildman–Crippen LogP) is 3.78. The number of ether oxygens (including phenoxy) is 6. The van der Waals surface area contributed by atoms with Gasteiger partial charge in [0, 0.05) is 60.9 Å². The van der Waals surface area contributed by atoms with Gasteiger partial charge >= 0.3 is 6.15 Å². The molecule has 11 bridgehead atoms. The van der Waals surface area contributed by atoms with Crippen molar-refractivity contribution >= 4 is 64.5 Å². The molecule has 0 aromatic heterocycles. The molecule has 0 saturated carbocycles. The number of halogens is 2. The van der Waals surface area contributed by atoms with E-state index >= 15 is 9.59 Å². The zero-order valence-electron chi connectivity index (χ0n) is 54.8. The number of aromatic hydroxyl groups is 3. The molecule has 7 heterocycles. The summed E-state index contributed by atoms with van der Waals surface area (Å²) >= 11 is 14.3. The molecule has 12 rings (SSSR count). The van der Waals surface area contributed by atoms with Crippen molar-refractivity contribution in [3.8, 4) is 57.1 Å². The molecule has 7 aliphatic heterocycles. The number of hydrogen-bond acceptors (Lipinski definition) is 25. The number of fused-ring (bicyclic) bond motifs is 15. The van der Waals surface area contributed by atoms with Crippen molar-refractivity contribution in [1.82, 2.24) is 21.3 Å². The van der Waals surface area contributed by atoms with E-state index in [0.29, 0.717) is 6.42 Å². The molecule has 0 radical (unpaired) electrons. The topological polar surface area (TPSA) is 474 Å². The maximum Gasteiger partial charge on any atom is 0.373 e. The first kappa shape index (κ1) is 75.8. The standard InChI is InChI=1S/C68H80Cl2N6O21.CO2/c1-28(2)14-43(73-5)66(91)76-56-47(82)19-34(22-53(71)83)64(89)75-42-10-9-37-30-6-11-44(79)38(16-30)55-35(15-36(78)23-46(55)81)26-74-65(90)39(24-45(37)80)57(84)31-7-12-48(40(69)17-31)93-50-20-33(42)21-51(94-49-13-8-32(58(56)85)18-41(49)70)61(50)97-67-62(60(87)59(86)52(27-77)95-67)96-54-25-68(4,72)63(88)29(3)92-54;2-1-3/h6-8,11-13,15-18,20-21,23,28-29,34,37,39,42-43,52,54,56-60,62-63,67,73,77-79,81,84-88H,9-10,14,19,22,24-27,72H2,1-5H3,(H2,71,83)(H,74,90)(H,75,89)(H,76,91);/t29-,34-,37-,39-,42-,43+,52?,54-,56-,57+,58+,59?,60-,62+,63+,67?,68?;/m0./s1. The average molecular weight is 1430 g/mol. The van der Waals surface area contributed by atoms with Gasteiger partial charge in [0.15, 0.2) is 29.7 Å². The second-order valence-electron chi connectivity index (χ2n) is 26.2. The van der Waals surface area contributed by atoms with Crippen LogP contribution in [0.25, 0.3) is 11.1 Å². The first-order valence-electron chi connectivity index (χ1n) is 32.2. The number of phenolic OH excluding ortho intramolecular Hbond substituents is 3. The normalized spacial score (nSPS) is 28.9. The first-order chi connectivity index (χ1) is 47.3. The maximum atomic E-state index is 15.5. The number of nitrogens with one attached hydrogen (secondary N) is 4. The van der Waals surface area contributed by atoms with Crippen LogP contribution in [-0.4, -0.2) is 168 Å². The van der Waals surface area contributed by atoms with Crippen LogP contribution in [0.3, 0.4) is 0 Å². The molecule has 17 atom stereocenters. The third-order valence-corrected chi connectivity index (χ3v) is 19.0. The van der Waals surface area contributed by atoms with Crippen LogP contribution in [-0.2, 0) is 59.1 Å². The van der Waals surface area contributed by atoms with Gasteiger partial charge in [-0.1, -0.05) is 55.2 Å². The lowest BCUT2D eigenvalue weighted by Gasteiger charge is -2.47. The predicted molar refractivity (Wildman–Crippen MR) is 351 cm³/mol. The Bertz CT molecular complexity index is 3930. The number of likely N-dealkylation sites (N-methyl/N-ethyl adjacent to an activating group) is 1. The van der Waals surface area contributed by atoms with Gasteiger partial charge in [-0.25, -0.2) is 0 Å². The number of carbonyl (C=O) groups excluding carboxylic acids is 8. The van der Waals surface area contributed by atoms with Gasteiger partial charge < -0.3 is 107 Å². The van der Waals surface area contributed by atoms with E-state index in [9.17, 15) is 65.1 Å². The summed E-state index contributed by atoms with van der Waals surface area (Å²) in [5.41, 5.74) is 11.3. The zero-order valence-corrected chi connectivity index (χ0v) is 56.3. The third-order valence-electron chi connectivity index (χ3n) is 18.5. The van der Waals surface area contributed by atoms with Crippen molar-refractivity contribution in [2.45, 2.75) is 170 Å². The molecule has 5 aromatic carbocycles. The Hall–Kier alpha value is -8.36. The molecule has 0 aliphatic carbocycles. The van der Waals surface area contributed by atoms with E-state index in [0.717, 1.165) is 6.07 Å². The minimum absolute atomic E-state index is 0.0153. The number of aliphatic hydroxyl groups excluding tert-OH is 6. The SMILES string of the molecule is CN[C@H](CC(C)C)C(=O)N[C@H]1C(=O)C[C@@H](CC(N)=O)C(=O)N[C@H]2CC[C@@H]3C(=O)C[C@H](C(=O)NCc4cc(O)cc(O)c4-c4cc3ccc4O)[C@H](O)c3ccc(c(Cl)c3)Oc3cc2cc(c3OC2OC(CO)C(O)[C@H](O)[C@H]2O[C@H]2CC(C)(N)[C@H](O)[C@H](C)O2)Oc2ccc(cc2Cl)[C@H]1O.O=C=O. The van der Waals surface area contributed by atoms with Crippen LogP contribution in [0.15, 0.2) is 78.9 Å². The molecule has 4 unspecified atom stereocenters. The number of nitrogens with two attached hydrogens (primary N) is 2. The zero-order chi connectivity index (χ0) is 72.9. The van der Waals surface area contributed by atoms with E-state index in [4.69, 9.17) is 72.7 Å². The van der Waals surface area contributed by atoms with Crippen molar-refractivity contribution in [1.29, 1.82) is 0 Å². The summed E-state index contributed by atoms with van der Waals surface area (Å²) in [6.45, 7) is 5.57. The average Bonchev–Trinajstić information content (AvgIpc) is 0.777. The molecule has 7 aliphatic rings. The first-order valence-corrected chi connectivity index (χ1v) is 32.9. The molecular formula is C69H80Cl2N6O23. The van der Waals surface area contributed by atoms with Crippen molar-refractivity contribution in [2.75, 3.05) is 13.7 Å². The van der Waals surface area contributed by atoms with Gasteiger partial charge in [0.05, 0.1) is 58.9 Å². The van der Waals surface area contributed by atoms with E-state index < -0.39 is 188 Å². The molecule has 17 N–H and O–H groups in total. The third kappa shape index (κ3) is 17.0. The van der Waals surface area contributed by atoms with Gasteiger partial charge in [0.1, 0.15) is 65.0 Å². The van der Waals surface area contributed by atoms with Crippen molar-refractivity contribution < 1.29 is 113 Å². The second kappa shape index (κ2) is 32.1. The molecule has 2 fully saturated rings. The lowest BCUT2D eigenvalue weighted by molar-refractivity contribution is -0.333. The summed E-state index contributed by atoms with van der Waals surface area (Å²) in [5.74, 6) is -12.6. The Kier molecular flexibility index (Phi) is 24.3. The number of primary amides is 1. The summed E-state index contributed by atoms with van der Waals surface area (Å²) in [6.07, 6.45) is -18.5. The van der Waals surface area contributed by atoms with Gasteiger partial charge in [-0.15, -0.1) is 0 Å². The van der Waals surface area contributed by atoms with Crippen LogP contribution in [0.5, 0.6) is 46.0 Å². The van der Waals surface area contributed by atoms with E-state index in [1.54, 1.807) is 13.8 Å². The molecule has 100 heavy (non-hydrogen) atoms. The molecule has 538 valence electrons. The smallest absolute Gasteiger partial charge is 0.373 e. The number of amides is 4. The van der Waals surface area contributed by atoms with Crippen molar-refractivity contribution in [3.05, 3.63) is 117 Å². The summed E-state index contributed by atoms with van der Waals surface area (Å²) in [6, 6.07) is 12.9. The monoisotopic (exact) mass is 1430 g/mol. The fraction of sp³-hybridized carbons (Fsp3) is 0.464. The highest BCUT2D eigenvalue weighted by atomic mass is 35.5. The Morgan fingerprint density at radius 2 is 1.41 bits per heavy atom.